The molecule has 0 saturated carbocycles. The van der Waals surface area contributed by atoms with Gasteiger partial charge in [-0.05, 0) is 52.6 Å². The van der Waals surface area contributed by atoms with Crippen LogP contribution in [-0.2, 0) is 6.42 Å². The first kappa shape index (κ1) is 13.6. The number of rotatable bonds is 5. The zero-order valence-electron chi connectivity index (χ0n) is 12.3. The first-order valence-corrected chi connectivity index (χ1v) is 8.47. The molecule has 0 saturated heterocycles. The van der Waals surface area contributed by atoms with Crippen molar-refractivity contribution in [2.24, 2.45) is 0 Å². The molecular formula is C19H21S. The van der Waals surface area contributed by atoms with E-state index in [-0.39, 0.29) is 0 Å². The van der Waals surface area contributed by atoms with Crippen molar-refractivity contribution in [1.29, 1.82) is 0 Å². The number of thiophene rings is 1. The Morgan fingerprint density at radius 3 is 2.55 bits per heavy atom. The van der Waals surface area contributed by atoms with E-state index in [0.29, 0.717) is 0 Å². The van der Waals surface area contributed by atoms with Gasteiger partial charge in [0.05, 0.1) is 0 Å². The molecule has 0 bridgehead atoms. The fraction of sp³-hybridized carbons (Fsp3) is 0.316. The van der Waals surface area contributed by atoms with E-state index in [1.54, 1.807) is 5.92 Å². The van der Waals surface area contributed by atoms with Crippen molar-refractivity contribution in [3.63, 3.8) is 0 Å². The second kappa shape index (κ2) is 5.97. The average Bonchev–Trinajstić information content (AvgIpc) is 3.05. The number of fused-ring (bicyclic) bond motifs is 1. The molecule has 0 aliphatic heterocycles. The lowest BCUT2D eigenvalue weighted by molar-refractivity contribution is 0.870. The maximum atomic E-state index is 2.39. The van der Waals surface area contributed by atoms with Crippen LogP contribution in [0.4, 0.5) is 0 Å². The van der Waals surface area contributed by atoms with Crippen molar-refractivity contribution in [3.8, 4) is 0 Å². The van der Waals surface area contributed by atoms with E-state index in [0.717, 1.165) is 0 Å². The molecule has 0 amide bonds. The Balaban J connectivity index is 2.02. The Morgan fingerprint density at radius 2 is 1.75 bits per heavy atom. The molecule has 1 heterocycles. The topological polar surface area (TPSA) is 0 Å². The molecule has 0 unspecified atom stereocenters. The Morgan fingerprint density at radius 1 is 0.950 bits per heavy atom. The third kappa shape index (κ3) is 2.35. The van der Waals surface area contributed by atoms with Crippen LogP contribution in [-0.4, -0.2) is 0 Å². The van der Waals surface area contributed by atoms with Gasteiger partial charge < -0.3 is 0 Å². The minimum atomic E-state index is 1.17. The number of allylic oxidation sites excluding steroid dienone is 1. The monoisotopic (exact) mass is 281 g/mol. The van der Waals surface area contributed by atoms with Crippen molar-refractivity contribution >= 4 is 23.0 Å². The average molecular weight is 281 g/mol. The van der Waals surface area contributed by atoms with Crippen LogP contribution in [0.3, 0.4) is 0 Å². The summed E-state index contributed by atoms with van der Waals surface area (Å²) < 4.78 is 0. The number of benzene rings is 1. The predicted octanol–water partition coefficient (Wildman–Crippen LogP) is 5.98. The molecule has 0 spiro atoms. The zero-order chi connectivity index (χ0) is 13.9. The van der Waals surface area contributed by atoms with E-state index in [1.165, 1.54) is 52.8 Å². The van der Waals surface area contributed by atoms with Gasteiger partial charge in [-0.25, -0.2) is 0 Å². The lowest BCUT2D eigenvalue weighted by atomic mass is 9.89. The fourth-order valence-corrected chi connectivity index (χ4v) is 4.04. The van der Waals surface area contributed by atoms with Crippen LogP contribution in [0.15, 0.2) is 35.7 Å². The standard InChI is InChI=1S/C19H21S/c1-3-7-14-11-12-20-19(14)18-13-15-9-5-6-10-16(15)17(18)8-4-2/h5-6,9-13H,3-4,7-8H2,1-2H3. The Kier molecular flexibility index (Phi) is 4.07. The third-order valence-corrected chi connectivity index (χ3v) is 4.91. The summed E-state index contributed by atoms with van der Waals surface area (Å²) in [5, 5.41) is 2.24. The fourth-order valence-electron chi connectivity index (χ4n) is 3.05. The SMILES string of the molecule is CCC[C]1C(c2sccc2CCC)=Cc2ccccc21. The molecule has 2 aromatic rings. The molecule has 0 N–H and O–H groups in total. The van der Waals surface area contributed by atoms with E-state index in [9.17, 15) is 0 Å². The lowest BCUT2D eigenvalue weighted by Crippen LogP contribution is -2.00. The quantitative estimate of drug-likeness (QED) is 0.632. The van der Waals surface area contributed by atoms with Crippen LogP contribution in [0.1, 0.15) is 54.7 Å². The molecule has 0 fully saturated rings. The second-order valence-corrected chi connectivity index (χ2v) is 6.31. The van der Waals surface area contributed by atoms with Crippen LogP contribution in [0.5, 0.6) is 0 Å². The molecule has 1 aromatic heterocycles. The molecule has 0 atom stereocenters. The van der Waals surface area contributed by atoms with Gasteiger partial charge >= 0.3 is 0 Å². The molecule has 0 nitrogen and oxygen atoms in total. The van der Waals surface area contributed by atoms with Crippen molar-refractivity contribution in [1.82, 2.24) is 0 Å². The molecule has 1 aliphatic rings. The summed E-state index contributed by atoms with van der Waals surface area (Å²) in [7, 11) is 0. The van der Waals surface area contributed by atoms with E-state index in [4.69, 9.17) is 0 Å². The molecular weight excluding hydrogens is 260 g/mol. The largest absolute Gasteiger partial charge is 0.144 e. The summed E-state index contributed by atoms with van der Waals surface area (Å²) >= 11 is 1.90. The Bertz CT molecular complexity index is 618. The summed E-state index contributed by atoms with van der Waals surface area (Å²) in [6, 6.07) is 11.1. The Hall–Kier alpha value is -1.34. The minimum absolute atomic E-state index is 1.17. The Labute approximate surface area is 126 Å². The van der Waals surface area contributed by atoms with E-state index in [1.807, 2.05) is 11.3 Å². The van der Waals surface area contributed by atoms with Crippen LogP contribution in [0.25, 0.3) is 11.6 Å². The number of hydrogen-bond donors (Lipinski definition) is 0. The van der Waals surface area contributed by atoms with E-state index < -0.39 is 0 Å². The van der Waals surface area contributed by atoms with E-state index in [2.05, 4.69) is 55.6 Å². The van der Waals surface area contributed by atoms with Gasteiger partial charge in [0.15, 0.2) is 0 Å². The maximum absolute atomic E-state index is 2.39. The molecule has 1 aliphatic carbocycles. The highest BCUT2D eigenvalue weighted by molar-refractivity contribution is 7.11. The van der Waals surface area contributed by atoms with Gasteiger partial charge in [-0.15, -0.1) is 11.3 Å². The first-order valence-electron chi connectivity index (χ1n) is 7.59. The van der Waals surface area contributed by atoms with Crippen molar-refractivity contribution in [2.75, 3.05) is 0 Å². The normalized spacial score (nSPS) is 14.4. The van der Waals surface area contributed by atoms with Crippen LogP contribution >= 0.6 is 11.3 Å². The van der Waals surface area contributed by atoms with Gasteiger partial charge in [0.2, 0.25) is 0 Å². The molecule has 1 aromatic carbocycles. The summed E-state index contributed by atoms with van der Waals surface area (Å²) in [4.78, 5) is 1.49. The number of hydrogen-bond acceptors (Lipinski definition) is 1. The summed E-state index contributed by atoms with van der Waals surface area (Å²) in [5.41, 5.74) is 5.83. The molecule has 103 valence electrons. The first-order chi connectivity index (χ1) is 9.85. The van der Waals surface area contributed by atoms with Crippen LogP contribution < -0.4 is 0 Å². The number of aryl methyl sites for hydroxylation is 1. The van der Waals surface area contributed by atoms with Gasteiger partial charge in [-0.3, -0.25) is 0 Å². The zero-order valence-corrected chi connectivity index (χ0v) is 13.1. The summed E-state index contributed by atoms with van der Waals surface area (Å²) in [6.07, 6.45) is 7.17. The van der Waals surface area contributed by atoms with Gasteiger partial charge in [0.25, 0.3) is 0 Å². The summed E-state index contributed by atoms with van der Waals surface area (Å²) in [5.74, 6) is 1.54. The van der Waals surface area contributed by atoms with E-state index >= 15 is 0 Å². The maximum Gasteiger partial charge on any atom is 0.0360 e. The highest BCUT2D eigenvalue weighted by atomic mass is 32.1. The minimum Gasteiger partial charge on any atom is -0.144 e. The van der Waals surface area contributed by atoms with Gasteiger partial charge in [0.1, 0.15) is 0 Å². The van der Waals surface area contributed by atoms with Gasteiger partial charge in [0, 0.05) is 10.8 Å². The van der Waals surface area contributed by atoms with Gasteiger partial charge in [-0.2, -0.15) is 0 Å². The highest BCUT2D eigenvalue weighted by Gasteiger charge is 2.27. The van der Waals surface area contributed by atoms with Crippen molar-refractivity contribution in [2.45, 2.75) is 39.5 Å². The van der Waals surface area contributed by atoms with Crippen molar-refractivity contribution < 1.29 is 0 Å². The predicted molar refractivity (Wildman–Crippen MR) is 89.9 cm³/mol. The molecule has 3 rings (SSSR count). The smallest absolute Gasteiger partial charge is 0.0360 e. The molecule has 1 heteroatoms. The van der Waals surface area contributed by atoms with Crippen molar-refractivity contribution in [3.05, 3.63) is 63.2 Å². The van der Waals surface area contributed by atoms with Gasteiger partial charge in [-0.1, -0.05) is 51.0 Å². The van der Waals surface area contributed by atoms with Crippen LogP contribution in [0.2, 0.25) is 0 Å². The third-order valence-electron chi connectivity index (χ3n) is 3.92. The lowest BCUT2D eigenvalue weighted by Gasteiger charge is -2.15. The molecule has 1 radical (unpaired) electrons. The summed E-state index contributed by atoms with van der Waals surface area (Å²) in [6.45, 7) is 4.53. The molecule has 20 heavy (non-hydrogen) atoms. The van der Waals surface area contributed by atoms with Crippen LogP contribution in [0, 0.1) is 5.92 Å². The second-order valence-electron chi connectivity index (χ2n) is 5.40. The highest BCUT2D eigenvalue weighted by Crippen LogP contribution is 2.46.